The summed E-state index contributed by atoms with van der Waals surface area (Å²) < 4.78 is 36.8. The minimum atomic E-state index is -2.90. The molecule has 89 heavy (non-hydrogen) atoms. The molecule has 1 fully saturated rings. The van der Waals surface area contributed by atoms with Crippen LogP contribution in [0.15, 0.2) is 0 Å². The van der Waals surface area contributed by atoms with E-state index in [-0.39, 0.29) is 59.4 Å². The summed E-state index contributed by atoms with van der Waals surface area (Å²) in [5, 5.41) is 53.9. The van der Waals surface area contributed by atoms with Crippen LogP contribution < -0.4 is 0 Å². The number of hydrogen-bond donors (Lipinski definition) is 6. The summed E-state index contributed by atoms with van der Waals surface area (Å²) >= 11 is 0. The first-order valence-electron chi connectivity index (χ1n) is 27.6. The third kappa shape index (κ3) is 80.7. The zero-order valence-corrected chi connectivity index (χ0v) is 60.9. The second-order valence-corrected chi connectivity index (χ2v) is 43.9. The van der Waals surface area contributed by atoms with E-state index in [0.29, 0.717) is 32.1 Å². The Morgan fingerprint density at radius 2 is 0.618 bits per heavy atom. The maximum atomic E-state index is 9.44. The highest BCUT2D eigenvalue weighted by atomic mass is 28.5. The Balaban J connectivity index is -0.0000000559. The van der Waals surface area contributed by atoms with Crippen LogP contribution in [0.2, 0.25) is 72.0 Å². The summed E-state index contributed by atoms with van der Waals surface area (Å²) in [6.45, 7) is 51.2. The van der Waals surface area contributed by atoms with Gasteiger partial charge in [0.2, 0.25) is 0 Å². The Bertz CT molecular complexity index is 2060. The maximum absolute atomic E-state index is 9.44. The van der Waals surface area contributed by atoms with E-state index in [9.17, 15) is 10.2 Å². The molecule has 0 aromatic carbocycles. The van der Waals surface area contributed by atoms with Crippen LogP contribution in [-0.2, 0) is 25.6 Å². The van der Waals surface area contributed by atoms with Crippen LogP contribution in [0.5, 0.6) is 0 Å². The highest BCUT2D eigenvalue weighted by molar-refractivity contribution is 6.87. The number of terminal acetylenes is 9. The zero-order chi connectivity index (χ0) is 66.7. The van der Waals surface area contributed by atoms with Crippen LogP contribution in [0.4, 0.5) is 0 Å². The molecule has 1 aliphatic carbocycles. The molecule has 0 spiro atoms. The molecule has 0 amide bonds. The first-order chi connectivity index (χ1) is 35.8. The molecule has 1 rings (SSSR count). The molecule has 0 bridgehead atoms. The van der Waals surface area contributed by atoms with Crippen LogP contribution in [0, 0.1) is 111 Å². The molecular weight excluding hydrogens is 1200 g/mol. The summed E-state index contributed by atoms with van der Waals surface area (Å²) in [5.74, 6) is 21.5. The molecule has 0 aromatic rings. The van der Waals surface area contributed by atoms with E-state index >= 15 is 0 Å². The fourth-order valence-electron chi connectivity index (χ4n) is 5.67. The smallest absolute Gasteiger partial charge is 0.437 e. The van der Waals surface area contributed by atoms with Gasteiger partial charge in [0.15, 0.2) is 16.6 Å². The van der Waals surface area contributed by atoms with Crippen molar-refractivity contribution in [3.8, 4) is 111 Å². The lowest BCUT2D eigenvalue weighted by molar-refractivity contribution is 0.0550. The fourth-order valence-corrected chi connectivity index (χ4v) is 24.6. The van der Waals surface area contributed by atoms with Gasteiger partial charge in [0.25, 0.3) is 0 Å². The minimum Gasteiger partial charge on any atom is -0.437 e. The van der Waals surface area contributed by atoms with Gasteiger partial charge in [0, 0.05) is 6.55 Å². The van der Waals surface area contributed by atoms with E-state index in [4.69, 9.17) is 104 Å². The van der Waals surface area contributed by atoms with Gasteiger partial charge in [-0.15, -0.1) is 57.8 Å². The van der Waals surface area contributed by atoms with Crippen molar-refractivity contribution in [3.05, 3.63) is 0 Å². The number of hydrogen-bond acceptors (Lipinski definition) is 12. The van der Waals surface area contributed by atoms with Gasteiger partial charge < -0.3 is 56.3 Å². The largest absolute Gasteiger partial charge is 0.479 e. The molecule has 0 aliphatic heterocycles. The highest BCUT2D eigenvalue weighted by Gasteiger charge is 2.49. The minimum absolute atomic E-state index is 0. The molecule has 528 valence electrons. The van der Waals surface area contributed by atoms with E-state index in [1.807, 2.05) is 95.8 Å². The quantitative estimate of drug-likeness (QED) is 0.0601. The SMILES string of the molecule is C.C.C.C.C.C.C.C.C#CC(C)(C)O.C#CC(C)(C)O[Si](C)(C)OC(C)(C)C#C.C#CC(C)(C)O[Si](C)(O[Si](C)(C)C)O[Si](C)(C)O[Si](C)(C)C.C#CC(C)(O)CC.C#CC(C)(O)CC.C#CC(C)(O)CC.C#CC(O)(CC)CC.C#CC1(O)CCCCC1. The highest BCUT2D eigenvalue weighted by Crippen LogP contribution is 2.29. The predicted molar refractivity (Wildman–Crippen MR) is 408 cm³/mol. The molecule has 0 heterocycles. The van der Waals surface area contributed by atoms with E-state index in [2.05, 4.69) is 106 Å². The Morgan fingerprint density at radius 3 is 0.764 bits per heavy atom. The molecule has 0 radical (unpaired) electrons. The molecule has 1 saturated carbocycles. The lowest BCUT2D eigenvalue weighted by Crippen LogP contribution is -2.60. The standard InChI is InChI=1S/C14H34O4Si4.C12H20O2Si.C8H12O.C7H12O.3C6H10O.C5H8O.8CH4/c1-13-14(2,3)15-22(12,17-20(7,8)9)18-21(10,11)16-19(4,5)6;1-9-11(3,4)13-15(7,8)14-12(5,6)10-2;1-2-8(9)6-4-3-5-7-8;1-4-7(8,5-2)6-3;3*1-4-6(3,7)5-2;1-4-5(2,3)6;;;;;;;;/h1H,2-12H3;1-2H,3-8H3;1,9H,3-7H2;1,8H,5-6H2,2-3H3;3*1,7H,5H2,2-3H3;1,6H,2-3H3;8*1H4. The van der Waals surface area contributed by atoms with Crippen molar-refractivity contribution in [1.82, 2.24) is 0 Å². The van der Waals surface area contributed by atoms with Crippen molar-refractivity contribution in [2.45, 2.75) is 357 Å². The molecule has 4 atom stereocenters. The third-order valence-electron chi connectivity index (χ3n) is 10.7. The normalized spacial score (nSPS) is 14.7. The zero-order valence-electron chi connectivity index (χ0n) is 55.9. The van der Waals surface area contributed by atoms with Gasteiger partial charge in [-0.1, -0.05) is 154 Å². The van der Waals surface area contributed by atoms with E-state index in [0.717, 1.165) is 25.7 Å². The maximum Gasteiger partial charge on any atom is 0.479 e. The lowest BCUT2D eigenvalue weighted by atomic mass is 9.86. The summed E-state index contributed by atoms with van der Waals surface area (Å²) in [6, 6.07) is 0. The summed E-state index contributed by atoms with van der Waals surface area (Å²) in [4.78, 5) is 0. The van der Waals surface area contributed by atoms with Crippen molar-refractivity contribution in [1.29, 1.82) is 0 Å². The average Bonchev–Trinajstić information content (AvgIpc) is 3.32. The molecule has 17 heteroatoms. The summed E-state index contributed by atoms with van der Waals surface area (Å²) in [7, 11) is -11.1. The van der Waals surface area contributed by atoms with Gasteiger partial charge in [-0.05, 0) is 199 Å². The second kappa shape index (κ2) is 53.1. The summed E-state index contributed by atoms with van der Waals surface area (Å²) in [5.41, 5.74) is -7.14. The lowest BCUT2D eigenvalue weighted by Gasteiger charge is -2.42. The van der Waals surface area contributed by atoms with Crippen molar-refractivity contribution >= 4 is 42.6 Å². The van der Waals surface area contributed by atoms with Crippen LogP contribution in [0.1, 0.15) is 234 Å². The second-order valence-electron chi connectivity index (χ2n) is 25.1. The third-order valence-corrected chi connectivity index (χ3v) is 25.4. The van der Waals surface area contributed by atoms with Gasteiger partial charge in [-0.2, -0.15) is 0 Å². The molecular formula is C72H148O12Si5. The van der Waals surface area contributed by atoms with Gasteiger partial charge in [0.05, 0.1) is 0 Å². The molecule has 12 nitrogen and oxygen atoms in total. The molecule has 0 aromatic heterocycles. The van der Waals surface area contributed by atoms with Gasteiger partial charge in [-0.25, -0.2) is 0 Å². The Hall–Kier alpha value is -3.36. The van der Waals surface area contributed by atoms with Crippen LogP contribution in [0.3, 0.4) is 0 Å². The Labute approximate surface area is 563 Å². The van der Waals surface area contributed by atoms with Crippen LogP contribution in [-0.4, -0.2) is 124 Å². The van der Waals surface area contributed by atoms with Crippen molar-refractivity contribution in [2.24, 2.45) is 0 Å². The van der Waals surface area contributed by atoms with E-state index < -0.39 is 93.0 Å². The van der Waals surface area contributed by atoms with Crippen molar-refractivity contribution < 1.29 is 56.3 Å². The van der Waals surface area contributed by atoms with Crippen LogP contribution >= 0.6 is 0 Å². The fraction of sp³-hybridized carbons (Fsp3) is 0.750. The van der Waals surface area contributed by atoms with Crippen molar-refractivity contribution in [2.75, 3.05) is 0 Å². The molecule has 1 aliphatic rings. The topological polar surface area (TPSA) is 177 Å². The Morgan fingerprint density at radius 1 is 0.360 bits per heavy atom. The number of aliphatic hydroxyl groups is 6. The molecule has 4 unspecified atom stereocenters. The van der Waals surface area contributed by atoms with E-state index in [1.54, 1.807) is 34.6 Å². The predicted octanol–water partition coefficient (Wildman–Crippen LogP) is 17.3. The monoisotopic (exact) mass is 1340 g/mol. The Kier molecular flexibility index (Phi) is 73.3. The summed E-state index contributed by atoms with van der Waals surface area (Å²) in [6.07, 6.45) is 54.1. The molecule has 0 saturated heterocycles. The number of rotatable bonds is 17. The van der Waals surface area contributed by atoms with Gasteiger partial charge in [0.1, 0.15) is 50.4 Å². The first kappa shape index (κ1) is 123. The van der Waals surface area contributed by atoms with Gasteiger partial charge in [-0.3, -0.25) is 0 Å². The van der Waals surface area contributed by atoms with Crippen molar-refractivity contribution in [3.63, 3.8) is 0 Å². The first-order valence-corrected chi connectivity index (χ1v) is 42.3. The average molecular weight is 1350 g/mol. The molecule has 6 N–H and O–H groups in total. The van der Waals surface area contributed by atoms with Crippen LogP contribution in [0.25, 0.3) is 0 Å². The van der Waals surface area contributed by atoms with E-state index in [1.165, 1.54) is 6.42 Å². The van der Waals surface area contributed by atoms with Gasteiger partial charge >= 0.3 is 25.9 Å².